The lowest BCUT2D eigenvalue weighted by Crippen LogP contribution is -2.17. The monoisotopic (exact) mass is 710 g/mol. The van der Waals surface area contributed by atoms with Crippen LogP contribution >= 0.6 is 0 Å². The van der Waals surface area contributed by atoms with E-state index in [-0.39, 0.29) is 16.7 Å². The van der Waals surface area contributed by atoms with Crippen LogP contribution in [-0.2, 0) is 18.5 Å². The van der Waals surface area contributed by atoms with E-state index >= 15 is 0 Å². The summed E-state index contributed by atoms with van der Waals surface area (Å²) in [5.74, 6) is -22.1. The van der Waals surface area contributed by atoms with Crippen LogP contribution in [-0.4, -0.2) is 0 Å². The van der Waals surface area contributed by atoms with Crippen molar-refractivity contribution < 1.29 is 74.6 Å². The lowest BCUT2D eigenvalue weighted by atomic mass is 9.98. The maximum Gasteiger partial charge on any atom is 0.422 e. The number of hydrogen-bond donors (Lipinski definition) is 0. The summed E-state index contributed by atoms with van der Waals surface area (Å²) in [6.07, 6.45) is -16.9. The van der Waals surface area contributed by atoms with Crippen molar-refractivity contribution in [3.05, 3.63) is 120 Å². The molecule has 0 atom stereocenters. The summed E-state index contributed by atoms with van der Waals surface area (Å²) >= 11 is 0. The maximum atomic E-state index is 15.0. The summed E-state index contributed by atoms with van der Waals surface area (Å²) in [4.78, 5) is 0. The SMILES string of the molecule is CC(=C1C(=C(C)c2c(F)c(F)c(C(F)(F)F)c(F)c2F)C1=C(C)c1c(F)c(F)c(C(F)(F)F)c(F)c1F)c1ccc(C)c(C(F)(F)F)c1. The van der Waals surface area contributed by atoms with Gasteiger partial charge >= 0.3 is 18.5 Å². The van der Waals surface area contributed by atoms with Gasteiger partial charge in [-0.15, -0.1) is 0 Å². The molecular formula is C31H15F17. The van der Waals surface area contributed by atoms with Crippen LogP contribution in [0.1, 0.15) is 59.7 Å². The first-order valence-corrected chi connectivity index (χ1v) is 13.0. The Balaban J connectivity index is 2.17. The molecule has 0 nitrogen and oxygen atoms in total. The van der Waals surface area contributed by atoms with Gasteiger partial charge in [0.25, 0.3) is 0 Å². The topological polar surface area (TPSA) is 0 Å². The van der Waals surface area contributed by atoms with Crippen molar-refractivity contribution in [2.45, 2.75) is 46.2 Å². The molecule has 48 heavy (non-hydrogen) atoms. The molecule has 3 aromatic rings. The Morgan fingerprint density at radius 2 is 0.750 bits per heavy atom. The molecule has 0 spiro atoms. The van der Waals surface area contributed by atoms with Gasteiger partial charge in [0, 0.05) is 0 Å². The molecule has 0 aliphatic heterocycles. The maximum absolute atomic E-state index is 15.0. The Kier molecular flexibility index (Phi) is 8.89. The van der Waals surface area contributed by atoms with E-state index in [2.05, 4.69) is 0 Å². The molecule has 4 rings (SSSR count). The zero-order chi connectivity index (χ0) is 36.7. The third kappa shape index (κ3) is 5.84. The van der Waals surface area contributed by atoms with Gasteiger partial charge in [0.1, 0.15) is 11.1 Å². The molecule has 0 amide bonds. The average Bonchev–Trinajstić information content (AvgIpc) is 3.69. The Hall–Kier alpha value is -4.31. The number of hydrogen-bond acceptors (Lipinski definition) is 0. The predicted octanol–water partition coefficient (Wildman–Crippen LogP) is 11.9. The summed E-state index contributed by atoms with van der Waals surface area (Å²) in [7, 11) is 0. The van der Waals surface area contributed by atoms with Crippen LogP contribution in [0.5, 0.6) is 0 Å². The molecule has 0 aromatic heterocycles. The molecule has 1 fully saturated rings. The predicted molar refractivity (Wildman–Crippen MR) is 137 cm³/mol. The fourth-order valence-electron chi connectivity index (χ4n) is 5.29. The largest absolute Gasteiger partial charge is 0.422 e. The lowest BCUT2D eigenvalue weighted by Gasteiger charge is -2.14. The van der Waals surface area contributed by atoms with Crippen molar-refractivity contribution in [2.75, 3.05) is 0 Å². The minimum atomic E-state index is -5.95. The zero-order valence-corrected chi connectivity index (χ0v) is 24.2. The zero-order valence-electron chi connectivity index (χ0n) is 24.2. The molecule has 1 aliphatic carbocycles. The van der Waals surface area contributed by atoms with E-state index in [9.17, 15) is 74.6 Å². The highest BCUT2D eigenvalue weighted by molar-refractivity contribution is 6.05. The number of allylic oxidation sites excluding steroid dienone is 6. The van der Waals surface area contributed by atoms with Gasteiger partial charge < -0.3 is 0 Å². The van der Waals surface area contributed by atoms with Gasteiger partial charge in [-0.3, -0.25) is 0 Å². The summed E-state index contributed by atoms with van der Waals surface area (Å²) in [5, 5.41) is 0. The Morgan fingerprint density at radius 3 is 1.04 bits per heavy atom. The number of alkyl halides is 9. The van der Waals surface area contributed by atoms with E-state index in [1.807, 2.05) is 0 Å². The standard InChI is InChI=1S/C31H15F17/c1-8-5-6-12(7-13(8)29(40,41)42)9(2)14-15(10(3)17-21(32)25(36)19(30(43,44)45)26(37)22(17)33)16(14)11(4)18-23(34)27(38)20(31(46,47)48)28(39)24(18)35/h5-7H,1-4H3. The first kappa shape index (κ1) is 36.5. The number of benzene rings is 3. The van der Waals surface area contributed by atoms with Crippen LogP contribution in [0.3, 0.4) is 0 Å². The lowest BCUT2D eigenvalue weighted by molar-refractivity contribution is -0.144. The number of halogens is 17. The van der Waals surface area contributed by atoms with Gasteiger partial charge in [0.2, 0.25) is 0 Å². The highest BCUT2D eigenvalue weighted by Gasteiger charge is 2.46. The third-order valence-corrected chi connectivity index (χ3v) is 7.63. The van der Waals surface area contributed by atoms with E-state index in [0.29, 0.717) is 19.9 Å². The Bertz CT molecular complexity index is 1820. The van der Waals surface area contributed by atoms with Crippen molar-refractivity contribution in [3.8, 4) is 0 Å². The molecule has 0 saturated heterocycles. The third-order valence-electron chi connectivity index (χ3n) is 7.63. The van der Waals surface area contributed by atoms with Crippen LogP contribution < -0.4 is 0 Å². The smallest absolute Gasteiger partial charge is 0.203 e. The normalized spacial score (nSPS) is 16.1. The first-order chi connectivity index (χ1) is 21.8. The van der Waals surface area contributed by atoms with Crippen LogP contribution in [0, 0.1) is 53.5 Å². The molecule has 0 bridgehead atoms. The molecule has 0 radical (unpaired) electrons. The quantitative estimate of drug-likeness (QED) is 0.188. The summed E-state index contributed by atoms with van der Waals surface area (Å²) in [6, 6.07) is 2.56. The molecule has 0 heterocycles. The molecule has 1 aliphatic rings. The highest BCUT2D eigenvalue weighted by Crippen LogP contribution is 2.57. The summed E-state index contributed by atoms with van der Waals surface area (Å²) < 4.78 is 238. The Labute approximate surface area is 258 Å². The van der Waals surface area contributed by atoms with E-state index in [1.165, 1.54) is 0 Å². The first-order valence-electron chi connectivity index (χ1n) is 13.0. The van der Waals surface area contributed by atoms with Crippen LogP contribution in [0.4, 0.5) is 74.6 Å². The van der Waals surface area contributed by atoms with Gasteiger partial charge in [-0.1, -0.05) is 12.1 Å². The molecular weight excluding hydrogens is 695 g/mol. The fourth-order valence-corrected chi connectivity index (χ4v) is 5.29. The van der Waals surface area contributed by atoms with E-state index in [4.69, 9.17) is 0 Å². The number of rotatable bonds is 3. The van der Waals surface area contributed by atoms with Crippen molar-refractivity contribution in [1.29, 1.82) is 0 Å². The van der Waals surface area contributed by atoms with Crippen molar-refractivity contribution in [1.82, 2.24) is 0 Å². The van der Waals surface area contributed by atoms with E-state index < -0.39 is 121 Å². The summed E-state index contributed by atoms with van der Waals surface area (Å²) in [6.45, 7) is 3.35. The summed E-state index contributed by atoms with van der Waals surface area (Å²) in [5.41, 5.74) is -15.8. The Morgan fingerprint density at radius 1 is 0.438 bits per heavy atom. The average molecular weight is 710 g/mol. The molecule has 3 aromatic carbocycles. The van der Waals surface area contributed by atoms with Crippen molar-refractivity contribution >= 4 is 16.7 Å². The van der Waals surface area contributed by atoms with Gasteiger partial charge in [-0.05, 0) is 78.3 Å². The molecule has 258 valence electrons. The van der Waals surface area contributed by atoms with E-state index in [1.54, 1.807) is 0 Å². The second kappa shape index (κ2) is 11.7. The molecule has 17 heteroatoms. The van der Waals surface area contributed by atoms with Gasteiger partial charge in [-0.25, -0.2) is 35.1 Å². The second-order valence-corrected chi connectivity index (χ2v) is 10.5. The van der Waals surface area contributed by atoms with Gasteiger partial charge in [0.15, 0.2) is 46.5 Å². The van der Waals surface area contributed by atoms with Gasteiger partial charge in [0.05, 0.1) is 16.7 Å². The minimum Gasteiger partial charge on any atom is -0.203 e. The number of aryl methyl sites for hydroxylation is 1. The van der Waals surface area contributed by atoms with Crippen molar-refractivity contribution in [2.24, 2.45) is 0 Å². The second-order valence-electron chi connectivity index (χ2n) is 10.5. The van der Waals surface area contributed by atoms with Gasteiger partial charge in [-0.2, -0.15) is 39.5 Å². The molecule has 0 unspecified atom stereocenters. The van der Waals surface area contributed by atoms with Crippen molar-refractivity contribution in [3.63, 3.8) is 0 Å². The molecule has 1 saturated carbocycles. The molecule has 0 N–H and O–H groups in total. The van der Waals surface area contributed by atoms with Crippen LogP contribution in [0.25, 0.3) is 16.7 Å². The fraction of sp³-hybridized carbons (Fsp3) is 0.226. The van der Waals surface area contributed by atoms with E-state index in [0.717, 1.165) is 26.0 Å². The van der Waals surface area contributed by atoms with Crippen LogP contribution in [0.2, 0.25) is 0 Å². The van der Waals surface area contributed by atoms with Crippen LogP contribution in [0.15, 0.2) is 34.9 Å². The minimum absolute atomic E-state index is 0.307. The highest BCUT2D eigenvalue weighted by atomic mass is 19.4.